The lowest BCUT2D eigenvalue weighted by Gasteiger charge is -2.09. The first-order valence-corrected chi connectivity index (χ1v) is 4.34. The van der Waals surface area contributed by atoms with Gasteiger partial charge >= 0.3 is 0 Å². The number of fused-ring (bicyclic) bond motifs is 1. The third-order valence-corrected chi connectivity index (χ3v) is 2.52. The number of hydrogen-bond donors (Lipinski definition) is 0. The first-order chi connectivity index (χ1) is 5.29. The Balaban J connectivity index is 2.52. The quantitative estimate of drug-likeness (QED) is 0.571. The van der Waals surface area contributed by atoms with Crippen molar-refractivity contribution in [3.63, 3.8) is 0 Å². The van der Waals surface area contributed by atoms with Gasteiger partial charge in [-0.1, -0.05) is 0 Å². The highest BCUT2D eigenvalue weighted by Gasteiger charge is 2.23. The fraction of sp³-hybridized carbons (Fsp3) is 0.143. The van der Waals surface area contributed by atoms with Gasteiger partial charge in [0.1, 0.15) is 0 Å². The standard InChI is InChI=1S/C7H4BrClN2/c8-4-3-11-7-6(4)5(9)1-2-10-7/h1-3,5H/t5-/m1/s1. The van der Waals surface area contributed by atoms with Crippen LogP contribution in [0.15, 0.2) is 32.3 Å². The van der Waals surface area contributed by atoms with Crippen molar-refractivity contribution < 1.29 is 0 Å². The van der Waals surface area contributed by atoms with Crippen LogP contribution < -0.4 is 0 Å². The van der Waals surface area contributed by atoms with Crippen LogP contribution in [0.3, 0.4) is 0 Å². The van der Waals surface area contributed by atoms with E-state index >= 15 is 0 Å². The predicted octanol–water partition coefficient (Wildman–Crippen LogP) is 2.25. The second-order valence-corrected chi connectivity index (χ2v) is 3.54. The molecule has 0 saturated heterocycles. The molecule has 0 spiro atoms. The lowest BCUT2D eigenvalue weighted by molar-refractivity contribution is 1.25. The van der Waals surface area contributed by atoms with E-state index in [4.69, 9.17) is 11.6 Å². The van der Waals surface area contributed by atoms with Crippen LogP contribution in [-0.2, 0) is 0 Å². The van der Waals surface area contributed by atoms with Gasteiger partial charge in [0.25, 0.3) is 0 Å². The maximum absolute atomic E-state index is 5.98. The Labute approximate surface area is 77.5 Å². The molecular formula is C7H4BrClN2. The zero-order valence-electron chi connectivity index (χ0n) is 5.46. The Morgan fingerprint density at radius 3 is 3.09 bits per heavy atom. The average Bonchev–Trinajstić information content (AvgIpc) is 2.34. The van der Waals surface area contributed by atoms with Crippen molar-refractivity contribution in [2.75, 3.05) is 0 Å². The summed E-state index contributed by atoms with van der Waals surface area (Å²) in [6, 6.07) is 0. The Bertz CT molecular complexity index is 314. The fourth-order valence-electron chi connectivity index (χ4n) is 1.01. The van der Waals surface area contributed by atoms with Gasteiger partial charge in [-0.25, -0.2) is 9.98 Å². The van der Waals surface area contributed by atoms with Crippen LogP contribution >= 0.6 is 27.5 Å². The summed E-state index contributed by atoms with van der Waals surface area (Å²) < 4.78 is 0.931. The molecule has 2 nitrogen and oxygen atoms in total. The van der Waals surface area contributed by atoms with Crippen molar-refractivity contribution in [3.8, 4) is 0 Å². The molecule has 0 bridgehead atoms. The Morgan fingerprint density at radius 1 is 1.55 bits per heavy atom. The first-order valence-electron chi connectivity index (χ1n) is 3.11. The van der Waals surface area contributed by atoms with Crippen LogP contribution in [0.4, 0.5) is 0 Å². The van der Waals surface area contributed by atoms with Crippen LogP contribution in [0.25, 0.3) is 0 Å². The molecule has 2 rings (SSSR count). The third kappa shape index (κ3) is 1.08. The van der Waals surface area contributed by atoms with Crippen molar-refractivity contribution in [1.29, 1.82) is 0 Å². The van der Waals surface area contributed by atoms with Gasteiger partial charge in [0, 0.05) is 22.5 Å². The molecule has 0 aliphatic carbocycles. The van der Waals surface area contributed by atoms with Crippen LogP contribution in [0.5, 0.6) is 0 Å². The Kier molecular flexibility index (Phi) is 1.69. The van der Waals surface area contributed by atoms with Gasteiger partial charge in [0.2, 0.25) is 0 Å². The van der Waals surface area contributed by atoms with Gasteiger partial charge in [0.05, 0.1) is 5.38 Å². The highest BCUT2D eigenvalue weighted by molar-refractivity contribution is 9.12. The molecule has 2 heterocycles. The molecule has 0 fully saturated rings. The zero-order valence-corrected chi connectivity index (χ0v) is 7.80. The monoisotopic (exact) mass is 230 g/mol. The molecule has 2 aliphatic heterocycles. The molecule has 4 heteroatoms. The number of rotatable bonds is 0. The van der Waals surface area contributed by atoms with E-state index in [1.54, 1.807) is 12.4 Å². The van der Waals surface area contributed by atoms with Crippen molar-refractivity contribution in [2.24, 2.45) is 9.98 Å². The van der Waals surface area contributed by atoms with E-state index in [0.717, 1.165) is 15.9 Å². The topological polar surface area (TPSA) is 24.7 Å². The average molecular weight is 231 g/mol. The molecule has 0 aromatic rings. The lowest BCUT2D eigenvalue weighted by atomic mass is 10.1. The summed E-state index contributed by atoms with van der Waals surface area (Å²) in [6.07, 6.45) is 5.23. The highest BCUT2D eigenvalue weighted by Crippen LogP contribution is 2.27. The summed E-state index contributed by atoms with van der Waals surface area (Å²) >= 11 is 9.33. The minimum atomic E-state index is -0.0978. The van der Waals surface area contributed by atoms with E-state index in [9.17, 15) is 0 Å². The maximum Gasteiger partial charge on any atom is 0.158 e. The van der Waals surface area contributed by atoms with Gasteiger partial charge in [-0.05, 0) is 22.0 Å². The van der Waals surface area contributed by atoms with Crippen molar-refractivity contribution in [2.45, 2.75) is 5.38 Å². The summed E-state index contributed by atoms with van der Waals surface area (Å²) in [5.74, 6) is 0.722. The number of aliphatic imine (C=N–C) groups is 2. The summed E-state index contributed by atoms with van der Waals surface area (Å²) in [5.41, 5.74) is 0.967. The lowest BCUT2D eigenvalue weighted by Crippen LogP contribution is -2.10. The van der Waals surface area contributed by atoms with Gasteiger partial charge in [-0.15, -0.1) is 11.6 Å². The molecule has 0 saturated carbocycles. The molecule has 11 heavy (non-hydrogen) atoms. The van der Waals surface area contributed by atoms with Crippen molar-refractivity contribution in [3.05, 3.63) is 22.3 Å². The molecule has 0 N–H and O–H groups in total. The number of hydrogen-bond acceptors (Lipinski definition) is 2. The van der Waals surface area contributed by atoms with Crippen LogP contribution in [0, 0.1) is 0 Å². The van der Waals surface area contributed by atoms with E-state index in [-0.39, 0.29) is 5.38 Å². The number of halogens is 2. The van der Waals surface area contributed by atoms with Crippen molar-refractivity contribution in [1.82, 2.24) is 0 Å². The molecular weight excluding hydrogens is 227 g/mol. The fourth-order valence-corrected chi connectivity index (χ4v) is 1.95. The molecule has 56 valence electrons. The summed E-state index contributed by atoms with van der Waals surface area (Å²) in [6.45, 7) is 0. The molecule has 0 radical (unpaired) electrons. The Morgan fingerprint density at radius 2 is 2.36 bits per heavy atom. The van der Waals surface area contributed by atoms with Gasteiger partial charge in [0.15, 0.2) is 5.84 Å². The minimum Gasteiger partial charge on any atom is -0.237 e. The SMILES string of the molecule is Cl[C@@H]1C=CN=C2N=CC(Br)=C21. The van der Waals surface area contributed by atoms with Gasteiger partial charge in [-0.2, -0.15) is 0 Å². The van der Waals surface area contributed by atoms with Crippen LogP contribution in [-0.4, -0.2) is 17.4 Å². The second kappa shape index (κ2) is 2.57. The predicted molar refractivity (Wildman–Crippen MR) is 50.7 cm³/mol. The van der Waals surface area contributed by atoms with E-state index in [1.165, 1.54) is 0 Å². The van der Waals surface area contributed by atoms with E-state index in [0.29, 0.717) is 0 Å². The minimum absolute atomic E-state index is 0.0978. The smallest absolute Gasteiger partial charge is 0.158 e. The number of amidine groups is 1. The largest absolute Gasteiger partial charge is 0.237 e. The molecule has 1 atom stereocenters. The summed E-state index contributed by atoms with van der Waals surface area (Å²) in [5, 5.41) is -0.0978. The second-order valence-electron chi connectivity index (χ2n) is 2.22. The molecule has 0 aromatic carbocycles. The van der Waals surface area contributed by atoms with E-state index < -0.39 is 0 Å². The van der Waals surface area contributed by atoms with Gasteiger partial charge < -0.3 is 0 Å². The van der Waals surface area contributed by atoms with E-state index in [1.807, 2.05) is 6.08 Å². The molecule has 0 unspecified atom stereocenters. The zero-order chi connectivity index (χ0) is 7.84. The van der Waals surface area contributed by atoms with E-state index in [2.05, 4.69) is 25.9 Å². The summed E-state index contributed by atoms with van der Waals surface area (Å²) in [7, 11) is 0. The van der Waals surface area contributed by atoms with Gasteiger partial charge in [-0.3, -0.25) is 0 Å². The third-order valence-electron chi connectivity index (χ3n) is 1.53. The maximum atomic E-state index is 5.98. The number of alkyl halides is 1. The first kappa shape index (κ1) is 7.25. The van der Waals surface area contributed by atoms with Crippen molar-refractivity contribution >= 4 is 39.6 Å². The molecule has 0 aromatic heterocycles. The number of nitrogens with zero attached hydrogens (tertiary/aromatic N) is 2. The highest BCUT2D eigenvalue weighted by atomic mass is 79.9. The summed E-state index contributed by atoms with van der Waals surface area (Å²) in [4.78, 5) is 8.12. The number of allylic oxidation sites excluding steroid dienone is 2. The Hall–Kier alpha value is -0.410. The normalized spacial score (nSPS) is 27.5. The van der Waals surface area contributed by atoms with Crippen LogP contribution in [0.2, 0.25) is 0 Å². The van der Waals surface area contributed by atoms with Crippen LogP contribution in [0.1, 0.15) is 0 Å². The molecule has 0 amide bonds. The molecule has 2 aliphatic rings.